The minimum Gasteiger partial charge on any atom is -0.281 e. The van der Waals surface area contributed by atoms with Gasteiger partial charge in [-0.2, -0.15) is 0 Å². The molecule has 1 saturated carbocycles. The van der Waals surface area contributed by atoms with Gasteiger partial charge in [0.25, 0.3) is 0 Å². The molecule has 0 aromatic carbocycles. The molecule has 0 aromatic rings. The Bertz CT molecular complexity index is 335. The van der Waals surface area contributed by atoms with E-state index in [1.54, 1.807) is 5.57 Å². The molecule has 15 heavy (non-hydrogen) atoms. The van der Waals surface area contributed by atoms with Crippen LogP contribution < -0.4 is 0 Å². The molecular weight excluding hydrogens is 182 g/mol. The van der Waals surface area contributed by atoms with Crippen LogP contribution in [0.3, 0.4) is 0 Å². The fraction of sp³-hybridized carbons (Fsp3) is 0.643. The summed E-state index contributed by atoms with van der Waals surface area (Å²) >= 11 is 0. The smallest absolute Gasteiger partial charge is 0.0607 e. The Labute approximate surface area is 92.0 Å². The van der Waals surface area contributed by atoms with Crippen LogP contribution in [0.15, 0.2) is 28.8 Å². The molecule has 2 atom stereocenters. The summed E-state index contributed by atoms with van der Waals surface area (Å²) < 4.78 is 0. The molecular formula is C14H19N. The lowest BCUT2D eigenvalue weighted by Gasteiger charge is -2.36. The van der Waals surface area contributed by atoms with Crippen LogP contribution in [0.4, 0.5) is 0 Å². The van der Waals surface area contributed by atoms with Gasteiger partial charge in [0.2, 0.25) is 0 Å². The van der Waals surface area contributed by atoms with Crippen LogP contribution in [0.25, 0.3) is 0 Å². The van der Waals surface area contributed by atoms with Gasteiger partial charge in [-0.05, 0) is 49.2 Å². The van der Waals surface area contributed by atoms with E-state index in [9.17, 15) is 0 Å². The molecule has 0 spiro atoms. The second-order valence-electron chi connectivity index (χ2n) is 5.02. The summed E-state index contributed by atoms with van der Waals surface area (Å²) in [5.41, 5.74) is 2.88. The Hall–Kier alpha value is -0.850. The lowest BCUT2D eigenvalue weighted by Crippen LogP contribution is -2.27. The van der Waals surface area contributed by atoms with Gasteiger partial charge in [-0.15, -0.1) is 0 Å². The molecule has 0 bridgehead atoms. The van der Waals surface area contributed by atoms with E-state index in [-0.39, 0.29) is 0 Å². The summed E-state index contributed by atoms with van der Waals surface area (Å²) in [7, 11) is 0. The maximum Gasteiger partial charge on any atom is 0.0607 e. The normalized spacial score (nSPS) is 34.7. The lowest BCUT2D eigenvalue weighted by atomic mass is 9.69. The first-order chi connectivity index (χ1) is 7.45. The van der Waals surface area contributed by atoms with Crippen molar-refractivity contribution >= 4 is 5.71 Å². The Balaban J connectivity index is 1.86. The molecule has 1 nitrogen and oxygen atoms in total. The molecule has 1 heterocycles. The number of fused-ring (bicyclic) bond motifs is 1. The molecule has 1 fully saturated rings. The highest BCUT2D eigenvalue weighted by atomic mass is 14.7. The zero-order valence-corrected chi connectivity index (χ0v) is 9.28. The van der Waals surface area contributed by atoms with Crippen molar-refractivity contribution in [2.45, 2.75) is 38.5 Å². The molecule has 0 N–H and O–H groups in total. The first kappa shape index (κ1) is 9.38. The fourth-order valence-electron chi connectivity index (χ4n) is 3.42. The average molecular weight is 201 g/mol. The van der Waals surface area contributed by atoms with Gasteiger partial charge in [0.05, 0.1) is 12.3 Å². The number of allylic oxidation sites excluding steroid dienone is 3. The molecule has 0 saturated heterocycles. The van der Waals surface area contributed by atoms with Crippen LogP contribution in [-0.2, 0) is 0 Å². The number of rotatable bonds is 1. The minimum atomic E-state index is 0.842. The predicted molar refractivity (Wildman–Crippen MR) is 64.2 cm³/mol. The predicted octanol–water partition coefficient (Wildman–Crippen LogP) is 3.52. The van der Waals surface area contributed by atoms with Gasteiger partial charge in [-0.3, -0.25) is 4.99 Å². The zero-order chi connectivity index (χ0) is 10.1. The standard InChI is InChI=1S/C14H19N/c1-2-7-12-11(5-1)6-3-8-13(12)14-9-4-10-15-14/h4,8-9,11-12H,1-3,5-7,10H2. The van der Waals surface area contributed by atoms with Crippen LogP contribution in [0.1, 0.15) is 38.5 Å². The molecule has 2 unspecified atom stereocenters. The summed E-state index contributed by atoms with van der Waals surface area (Å²) in [6, 6.07) is 0. The fourth-order valence-corrected chi connectivity index (χ4v) is 3.42. The summed E-state index contributed by atoms with van der Waals surface area (Å²) in [4.78, 5) is 4.59. The van der Waals surface area contributed by atoms with E-state index in [2.05, 4.69) is 23.2 Å². The minimum absolute atomic E-state index is 0.842. The molecule has 0 radical (unpaired) electrons. The molecule has 3 rings (SSSR count). The van der Waals surface area contributed by atoms with Crippen molar-refractivity contribution in [1.29, 1.82) is 0 Å². The van der Waals surface area contributed by atoms with Crippen molar-refractivity contribution in [1.82, 2.24) is 0 Å². The van der Waals surface area contributed by atoms with Crippen LogP contribution in [0.5, 0.6) is 0 Å². The third-order valence-electron chi connectivity index (χ3n) is 4.15. The van der Waals surface area contributed by atoms with Crippen molar-refractivity contribution in [3.05, 3.63) is 23.8 Å². The van der Waals surface area contributed by atoms with Crippen LogP contribution in [0, 0.1) is 11.8 Å². The maximum absolute atomic E-state index is 4.59. The van der Waals surface area contributed by atoms with E-state index >= 15 is 0 Å². The van der Waals surface area contributed by atoms with E-state index in [4.69, 9.17) is 0 Å². The summed E-state index contributed by atoms with van der Waals surface area (Å²) in [5.74, 6) is 1.81. The second kappa shape index (κ2) is 3.96. The summed E-state index contributed by atoms with van der Waals surface area (Å²) in [6.07, 6.45) is 15.3. The number of hydrogen-bond donors (Lipinski definition) is 0. The first-order valence-electron chi connectivity index (χ1n) is 6.36. The third-order valence-corrected chi connectivity index (χ3v) is 4.15. The van der Waals surface area contributed by atoms with E-state index in [0.717, 1.165) is 18.4 Å². The average Bonchev–Trinajstić information content (AvgIpc) is 2.82. The molecule has 0 amide bonds. The van der Waals surface area contributed by atoms with Crippen molar-refractivity contribution < 1.29 is 0 Å². The van der Waals surface area contributed by atoms with Crippen molar-refractivity contribution in [3.63, 3.8) is 0 Å². The molecule has 1 heteroatoms. The van der Waals surface area contributed by atoms with E-state index in [0.29, 0.717) is 0 Å². The highest BCUT2D eigenvalue weighted by Crippen LogP contribution is 2.41. The number of hydrogen-bond acceptors (Lipinski definition) is 1. The van der Waals surface area contributed by atoms with Gasteiger partial charge in [0.15, 0.2) is 0 Å². The number of nitrogens with zero attached hydrogens (tertiary/aromatic N) is 1. The highest BCUT2D eigenvalue weighted by Gasteiger charge is 2.31. The molecule has 1 aliphatic heterocycles. The number of aliphatic imine (C=N–C) groups is 1. The molecule has 80 valence electrons. The van der Waals surface area contributed by atoms with Crippen molar-refractivity contribution in [2.24, 2.45) is 16.8 Å². The first-order valence-corrected chi connectivity index (χ1v) is 6.36. The Morgan fingerprint density at radius 1 is 1.13 bits per heavy atom. The molecule has 0 aromatic heterocycles. The summed E-state index contributed by atoms with van der Waals surface area (Å²) in [6.45, 7) is 0.907. The molecule has 2 aliphatic carbocycles. The van der Waals surface area contributed by atoms with E-state index in [1.165, 1.54) is 44.2 Å². The quantitative estimate of drug-likeness (QED) is 0.615. The van der Waals surface area contributed by atoms with E-state index in [1.807, 2.05) is 0 Å². The Kier molecular flexibility index (Phi) is 2.47. The lowest BCUT2D eigenvalue weighted by molar-refractivity contribution is 0.253. The highest BCUT2D eigenvalue weighted by molar-refractivity contribution is 6.10. The molecule has 3 aliphatic rings. The van der Waals surface area contributed by atoms with Crippen molar-refractivity contribution in [3.8, 4) is 0 Å². The largest absolute Gasteiger partial charge is 0.281 e. The Morgan fingerprint density at radius 2 is 2.07 bits per heavy atom. The summed E-state index contributed by atoms with van der Waals surface area (Å²) in [5, 5.41) is 0. The van der Waals surface area contributed by atoms with Gasteiger partial charge in [-0.1, -0.05) is 25.0 Å². The van der Waals surface area contributed by atoms with Crippen LogP contribution >= 0.6 is 0 Å². The zero-order valence-electron chi connectivity index (χ0n) is 9.28. The van der Waals surface area contributed by atoms with Gasteiger partial charge in [-0.25, -0.2) is 0 Å². The Morgan fingerprint density at radius 3 is 2.93 bits per heavy atom. The van der Waals surface area contributed by atoms with Crippen molar-refractivity contribution in [2.75, 3.05) is 6.54 Å². The monoisotopic (exact) mass is 201 g/mol. The second-order valence-corrected chi connectivity index (χ2v) is 5.02. The topological polar surface area (TPSA) is 12.4 Å². The van der Waals surface area contributed by atoms with Crippen LogP contribution in [-0.4, -0.2) is 12.3 Å². The van der Waals surface area contributed by atoms with Crippen LogP contribution in [0.2, 0.25) is 0 Å². The van der Waals surface area contributed by atoms with Gasteiger partial charge >= 0.3 is 0 Å². The van der Waals surface area contributed by atoms with E-state index < -0.39 is 0 Å². The third kappa shape index (κ3) is 1.68. The van der Waals surface area contributed by atoms with Gasteiger partial charge in [0, 0.05) is 0 Å². The van der Waals surface area contributed by atoms with Gasteiger partial charge in [0.1, 0.15) is 0 Å². The van der Waals surface area contributed by atoms with Gasteiger partial charge < -0.3 is 0 Å². The maximum atomic E-state index is 4.59. The SMILES string of the molecule is C1=CC(C2=CCCC3CCCCC23)=NC1.